The highest BCUT2D eigenvalue weighted by molar-refractivity contribution is 9.10. The summed E-state index contributed by atoms with van der Waals surface area (Å²) in [5, 5.41) is 3.87. The Hall–Kier alpha value is -1.24. The number of hydrogen-bond donors (Lipinski definition) is 1. The van der Waals surface area contributed by atoms with Crippen LogP contribution in [0.5, 0.6) is 0 Å². The molecule has 0 amide bonds. The van der Waals surface area contributed by atoms with Crippen molar-refractivity contribution in [2.24, 2.45) is 5.73 Å². The number of benzene rings is 1. The van der Waals surface area contributed by atoms with Gasteiger partial charge in [-0.25, -0.2) is 0 Å². The van der Waals surface area contributed by atoms with Crippen LogP contribution < -0.4 is 5.73 Å². The molecule has 2 aromatic rings. The van der Waals surface area contributed by atoms with Crippen LogP contribution >= 0.6 is 15.9 Å². The average molecular weight is 311 g/mol. The minimum absolute atomic E-state index is 0.281. The molecule has 0 aliphatic heterocycles. The van der Waals surface area contributed by atoms with Crippen LogP contribution in [0.25, 0.3) is 0 Å². The van der Waals surface area contributed by atoms with Crippen molar-refractivity contribution >= 4 is 15.9 Å². The van der Waals surface area contributed by atoms with Crippen molar-refractivity contribution in [3.8, 4) is 0 Å². The standard InChI is InChI=1S/C12H15BrN4O/c1-17(7-9-2-4-10(13)5-3-9)8-11-15-12(6-14)18-16-11/h2-5H,6-8,14H2,1H3. The third kappa shape index (κ3) is 3.63. The second kappa shape index (κ2) is 6.08. The van der Waals surface area contributed by atoms with Crippen LogP contribution in [0.3, 0.4) is 0 Å². The van der Waals surface area contributed by atoms with E-state index in [0.717, 1.165) is 11.0 Å². The molecule has 1 aromatic heterocycles. The normalized spacial score (nSPS) is 11.1. The first-order valence-electron chi connectivity index (χ1n) is 5.62. The van der Waals surface area contributed by atoms with E-state index in [4.69, 9.17) is 10.3 Å². The van der Waals surface area contributed by atoms with Crippen molar-refractivity contribution < 1.29 is 4.52 Å². The number of hydrogen-bond acceptors (Lipinski definition) is 5. The summed E-state index contributed by atoms with van der Waals surface area (Å²) in [6.45, 7) is 1.75. The summed E-state index contributed by atoms with van der Waals surface area (Å²) in [7, 11) is 2.01. The Kier molecular flexibility index (Phi) is 4.46. The zero-order valence-electron chi connectivity index (χ0n) is 10.1. The smallest absolute Gasteiger partial charge is 0.240 e. The molecule has 0 radical (unpaired) electrons. The van der Waals surface area contributed by atoms with Gasteiger partial charge in [0.2, 0.25) is 5.89 Å². The van der Waals surface area contributed by atoms with Gasteiger partial charge in [0.1, 0.15) is 0 Å². The average Bonchev–Trinajstić information content (AvgIpc) is 2.79. The molecule has 0 spiro atoms. The van der Waals surface area contributed by atoms with Crippen molar-refractivity contribution in [2.45, 2.75) is 19.6 Å². The van der Waals surface area contributed by atoms with Crippen LogP contribution in [0.1, 0.15) is 17.3 Å². The maximum Gasteiger partial charge on any atom is 0.240 e. The molecule has 0 fully saturated rings. The molecule has 0 bridgehead atoms. The van der Waals surface area contributed by atoms with E-state index in [1.807, 2.05) is 19.2 Å². The first-order valence-corrected chi connectivity index (χ1v) is 6.41. The molecular formula is C12H15BrN4O. The van der Waals surface area contributed by atoms with E-state index in [0.29, 0.717) is 18.3 Å². The summed E-state index contributed by atoms with van der Waals surface area (Å²) in [4.78, 5) is 6.29. The van der Waals surface area contributed by atoms with Gasteiger partial charge >= 0.3 is 0 Å². The van der Waals surface area contributed by atoms with E-state index >= 15 is 0 Å². The quantitative estimate of drug-likeness (QED) is 0.914. The number of nitrogens with zero attached hydrogens (tertiary/aromatic N) is 3. The number of halogens is 1. The highest BCUT2D eigenvalue weighted by atomic mass is 79.9. The molecule has 1 aromatic carbocycles. The molecule has 96 valence electrons. The van der Waals surface area contributed by atoms with E-state index in [-0.39, 0.29) is 6.54 Å². The topological polar surface area (TPSA) is 68.2 Å². The lowest BCUT2D eigenvalue weighted by molar-refractivity contribution is 0.300. The van der Waals surface area contributed by atoms with E-state index in [1.165, 1.54) is 5.56 Å². The van der Waals surface area contributed by atoms with Gasteiger partial charge < -0.3 is 10.3 Å². The Morgan fingerprint density at radius 2 is 2.00 bits per heavy atom. The van der Waals surface area contributed by atoms with Crippen molar-refractivity contribution in [3.05, 3.63) is 46.0 Å². The third-order valence-corrected chi connectivity index (χ3v) is 2.99. The summed E-state index contributed by atoms with van der Waals surface area (Å²) < 4.78 is 6.04. The van der Waals surface area contributed by atoms with Crippen LogP contribution in [0.2, 0.25) is 0 Å². The molecule has 2 N–H and O–H groups in total. The molecular weight excluding hydrogens is 296 g/mol. The predicted octanol–water partition coefficient (Wildman–Crippen LogP) is 1.92. The Labute approximate surface area is 114 Å². The van der Waals surface area contributed by atoms with Crippen LogP contribution in [-0.2, 0) is 19.6 Å². The van der Waals surface area contributed by atoms with Crippen molar-refractivity contribution in [1.82, 2.24) is 15.0 Å². The lowest BCUT2D eigenvalue weighted by Crippen LogP contribution is -2.18. The summed E-state index contributed by atoms with van der Waals surface area (Å²) >= 11 is 3.42. The molecule has 0 saturated heterocycles. The van der Waals surface area contributed by atoms with Crippen LogP contribution in [0, 0.1) is 0 Å². The van der Waals surface area contributed by atoms with Gasteiger partial charge in [0, 0.05) is 11.0 Å². The number of aromatic nitrogens is 2. The number of rotatable bonds is 5. The van der Waals surface area contributed by atoms with Crippen LogP contribution in [-0.4, -0.2) is 22.1 Å². The van der Waals surface area contributed by atoms with E-state index < -0.39 is 0 Å². The highest BCUT2D eigenvalue weighted by Crippen LogP contribution is 2.12. The third-order valence-electron chi connectivity index (χ3n) is 2.46. The Balaban J connectivity index is 1.91. The van der Waals surface area contributed by atoms with Crippen molar-refractivity contribution in [2.75, 3.05) is 7.05 Å². The van der Waals surface area contributed by atoms with Gasteiger partial charge in [-0.2, -0.15) is 4.98 Å². The van der Waals surface area contributed by atoms with Gasteiger partial charge in [-0.3, -0.25) is 4.90 Å². The summed E-state index contributed by atoms with van der Waals surface area (Å²) in [6.07, 6.45) is 0. The van der Waals surface area contributed by atoms with Gasteiger partial charge in [-0.15, -0.1) is 0 Å². The van der Waals surface area contributed by atoms with Crippen LogP contribution in [0.4, 0.5) is 0 Å². The lowest BCUT2D eigenvalue weighted by Gasteiger charge is -2.14. The van der Waals surface area contributed by atoms with Gasteiger partial charge in [-0.05, 0) is 24.7 Å². The fourth-order valence-corrected chi connectivity index (χ4v) is 1.90. The molecule has 0 unspecified atom stereocenters. The molecule has 0 aliphatic carbocycles. The maximum absolute atomic E-state index is 5.42. The minimum Gasteiger partial charge on any atom is -0.338 e. The molecule has 1 heterocycles. The van der Waals surface area contributed by atoms with E-state index in [2.05, 4.69) is 43.1 Å². The van der Waals surface area contributed by atoms with Gasteiger partial charge in [-0.1, -0.05) is 33.2 Å². The maximum atomic E-state index is 5.42. The van der Waals surface area contributed by atoms with Gasteiger partial charge in [0.05, 0.1) is 13.1 Å². The second-order valence-electron chi connectivity index (χ2n) is 4.11. The molecule has 2 rings (SSSR count). The molecule has 0 atom stereocenters. The largest absolute Gasteiger partial charge is 0.338 e. The summed E-state index contributed by atoms with van der Waals surface area (Å²) in [5.74, 6) is 1.14. The summed E-state index contributed by atoms with van der Waals surface area (Å²) in [5.41, 5.74) is 6.66. The van der Waals surface area contributed by atoms with Crippen LogP contribution in [0.15, 0.2) is 33.3 Å². The predicted molar refractivity (Wildman–Crippen MR) is 71.5 cm³/mol. The molecule has 6 heteroatoms. The van der Waals surface area contributed by atoms with Gasteiger partial charge in [0.25, 0.3) is 0 Å². The van der Waals surface area contributed by atoms with Crippen molar-refractivity contribution in [1.29, 1.82) is 0 Å². The fourth-order valence-electron chi connectivity index (χ4n) is 1.64. The zero-order valence-corrected chi connectivity index (χ0v) is 11.7. The number of nitrogens with two attached hydrogens (primary N) is 1. The molecule has 5 nitrogen and oxygen atoms in total. The van der Waals surface area contributed by atoms with E-state index in [9.17, 15) is 0 Å². The van der Waals surface area contributed by atoms with Crippen molar-refractivity contribution in [3.63, 3.8) is 0 Å². The molecule has 18 heavy (non-hydrogen) atoms. The molecule has 0 saturated carbocycles. The monoisotopic (exact) mass is 310 g/mol. The zero-order chi connectivity index (χ0) is 13.0. The summed E-state index contributed by atoms with van der Waals surface area (Å²) in [6, 6.07) is 8.23. The first kappa shape index (κ1) is 13.2. The van der Waals surface area contributed by atoms with Gasteiger partial charge in [0.15, 0.2) is 5.82 Å². The SMILES string of the molecule is CN(Cc1ccc(Br)cc1)Cc1noc(CN)n1. The molecule has 0 aliphatic rings. The van der Waals surface area contributed by atoms with E-state index in [1.54, 1.807) is 0 Å². The minimum atomic E-state index is 0.281. The Morgan fingerprint density at radius 3 is 2.61 bits per heavy atom. The lowest BCUT2D eigenvalue weighted by atomic mass is 10.2. The highest BCUT2D eigenvalue weighted by Gasteiger charge is 2.08. The first-order chi connectivity index (χ1) is 8.67. The second-order valence-corrected chi connectivity index (χ2v) is 5.02. The Morgan fingerprint density at radius 1 is 1.28 bits per heavy atom. The fraction of sp³-hybridized carbons (Fsp3) is 0.333. The Bertz CT molecular complexity index is 497.